The Hall–Kier alpha value is -1.28. The van der Waals surface area contributed by atoms with Crippen LogP contribution in [0.5, 0.6) is 0 Å². The Labute approximate surface area is 154 Å². The first kappa shape index (κ1) is 17.5. The molecule has 1 amide bonds. The zero-order chi connectivity index (χ0) is 16.8. The van der Waals surface area contributed by atoms with Gasteiger partial charge in [0.15, 0.2) is 5.13 Å². The van der Waals surface area contributed by atoms with Crippen molar-refractivity contribution in [1.82, 2.24) is 9.88 Å². The Morgan fingerprint density at radius 2 is 2.04 bits per heavy atom. The second-order valence-electron chi connectivity index (χ2n) is 5.53. The summed E-state index contributed by atoms with van der Waals surface area (Å²) < 4.78 is 5.42. The molecular formula is C17H20BrN3O2S. The molecule has 0 bridgehead atoms. The van der Waals surface area contributed by atoms with Crippen molar-refractivity contribution in [1.29, 1.82) is 0 Å². The molecule has 7 heteroatoms. The highest BCUT2D eigenvalue weighted by Crippen LogP contribution is 2.32. The van der Waals surface area contributed by atoms with E-state index in [9.17, 15) is 4.79 Å². The lowest BCUT2D eigenvalue weighted by Crippen LogP contribution is -2.35. The molecule has 1 aromatic heterocycles. The normalized spacial score (nSPS) is 15.4. The summed E-state index contributed by atoms with van der Waals surface area (Å²) >= 11 is 4.85. The summed E-state index contributed by atoms with van der Waals surface area (Å²) in [6.07, 6.45) is 0.443. The number of rotatable bonds is 6. The number of halogens is 1. The van der Waals surface area contributed by atoms with E-state index in [4.69, 9.17) is 4.74 Å². The van der Waals surface area contributed by atoms with Gasteiger partial charge >= 0.3 is 0 Å². The van der Waals surface area contributed by atoms with Gasteiger partial charge in [-0.25, -0.2) is 4.98 Å². The van der Waals surface area contributed by atoms with Crippen molar-refractivity contribution in [3.63, 3.8) is 0 Å². The molecule has 2 heterocycles. The van der Waals surface area contributed by atoms with Crippen molar-refractivity contribution < 1.29 is 9.53 Å². The van der Waals surface area contributed by atoms with Crippen molar-refractivity contribution in [2.75, 3.05) is 37.0 Å². The molecule has 0 aliphatic carbocycles. The van der Waals surface area contributed by atoms with Crippen LogP contribution in [0.15, 0.2) is 30.3 Å². The summed E-state index contributed by atoms with van der Waals surface area (Å²) in [7, 11) is 0. The maximum Gasteiger partial charge on any atom is 0.226 e. The average molecular weight is 410 g/mol. The molecule has 1 saturated heterocycles. The minimum atomic E-state index is -0.0156. The lowest BCUT2D eigenvalue weighted by Gasteiger charge is -2.26. The van der Waals surface area contributed by atoms with E-state index >= 15 is 0 Å². The van der Waals surface area contributed by atoms with Gasteiger partial charge in [-0.3, -0.25) is 9.69 Å². The number of hydrogen-bond donors (Lipinski definition) is 1. The third kappa shape index (κ3) is 4.63. The van der Waals surface area contributed by atoms with Crippen LogP contribution in [0.2, 0.25) is 0 Å². The SMILES string of the molecule is O=C(CCBr)Nc1nc(-c2ccccc2)c(CN2CCOCC2)s1. The van der Waals surface area contributed by atoms with E-state index in [2.05, 4.69) is 43.3 Å². The zero-order valence-electron chi connectivity index (χ0n) is 13.3. The quantitative estimate of drug-likeness (QED) is 0.743. The Morgan fingerprint density at radius 1 is 1.29 bits per heavy atom. The number of carbonyl (C=O) groups is 1. The number of hydrogen-bond acceptors (Lipinski definition) is 5. The molecule has 1 aliphatic rings. The lowest BCUT2D eigenvalue weighted by molar-refractivity contribution is -0.115. The van der Waals surface area contributed by atoms with E-state index < -0.39 is 0 Å². The molecule has 1 aromatic carbocycles. The smallest absolute Gasteiger partial charge is 0.226 e. The van der Waals surface area contributed by atoms with Crippen molar-refractivity contribution in [3.05, 3.63) is 35.2 Å². The molecule has 0 spiro atoms. The van der Waals surface area contributed by atoms with Gasteiger partial charge in [-0.1, -0.05) is 57.6 Å². The molecule has 5 nitrogen and oxygen atoms in total. The number of alkyl halides is 1. The van der Waals surface area contributed by atoms with E-state index in [1.165, 1.54) is 4.88 Å². The highest BCUT2D eigenvalue weighted by atomic mass is 79.9. The van der Waals surface area contributed by atoms with E-state index in [1.807, 2.05) is 18.2 Å². The largest absolute Gasteiger partial charge is 0.379 e. The van der Waals surface area contributed by atoms with Crippen molar-refractivity contribution in [3.8, 4) is 11.3 Å². The van der Waals surface area contributed by atoms with Gasteiger partial charge in [-0.05, 0) is 0 Å². The molecule has 24 heavy (non-hydrogen) atoms. The van der Waals surface area contributed by atoms with Crippen molar-refractivity contribution in [2.24, 2.45) is 0 Å². The summed E-state index contributed by atoms with van der Waals surface area (Å²) in [4.78, 5) is 20.1. The number of morpholine rings is 1. The number of anilines is 1. The minimum Gasteiger partial charge on any atom is -0.379 e. The highest BCUT2D eigenvalue weighted by molar-refractivity contribution is 9.09. The van der Waals surface area contributed by atoms with Crippen LogP contribution < -0.4 is 5.32 Å². The van der Waals surface area contributed by atoms with Crippen LogP contribution in [0, 0.1) is 0 Å². The zero-order valence-corrected chi connectivity index (χ0v) is 15.7. The van der Waals surface area contributed by atoms with Crippen LogP contribution in [0.1, 0.15) is 11.3 Å². The van der Waals surface area contributed by atoms with Gasteiger partial charge in [0.2, 0.25) is 5.91 Å². The molecule has 128 valence electrons. The number of benzene rings is 1. The van der Waals surface area contributed by atoms with E-state index in [1.54, 1.807) is 11.3 Å². The monoisotopic (exact) mass is 409 g/mol. The first-order chi connectivity index (χ1) is 11.8. The second kappa shape index (κ2) is 8.71. The number of amides is 1. The number of thiazole rings is 1. The van der Waals surface area contributed by atoms with Gasteiger partial charge in [-0.2, -0.15) is 0 Å². The predicted molar refractivity (Wildman–Crippen MR) is 101 cm³/mol. The fourth-order valence-corrected chi connectivity index (χ4v) is 3.97. The number of ether oxygens (including phenoxy) is 1. The van der Waals surface area contributed by atoms with E-state index in [0.29, 0.717) is 16.9 Å². The summed E-state index contributed by atoms with van der Waals surface area (Å²) in [6, 6.07) is 10.1. The van der Waals surface area contributed by atoms with Crippen LogP contribution in [-0.4, -0.2) is 47.4 Å². The maximum atomic E-state index is 11.9. The van der Waals surface area contributed by atoms with Crippen LogP contribution in [0.4, 0.5) is 5.13 Å². The third-order valence-electron chi connectivity index (χ3n) is 3.78. The molecular weight excluding hydrogens is 390 g/mol. The average Bonchev–Trinajstić information content (AvgIpc) is 2.99. The Bertz CT molecular complexity index is 672. The molecule has 1 N–H and O–H groups in total. The third-order valence-corrected chi connectivity index (χ3v) is 5.14. The summed E-state index contributed by atoms with van der Waals surface area (Å²) in [5, 5.41) is 4.22. The van der Waals surface area contributed by atoms with Gasteiger partial charge in [0, 0.05) is 41.8 Å². The first-order valence-corrected chi connectivity index (χ1v) is 9.91. The molecule has 0 unspecified atom stereocenters. The van der Waals surface area contributed by atoms with Crippen LogP contribution in [0.3, 0.4) is 0 Å². The highest BCUT2D eigenvalue weighted by Gasteiger charge is 2.18. The Morgan fingerprint density at radius 3 is 2.75 bits per heavy atom. The fraction of sp³-hybridized carbons (Fsp3) is 0.412. The molecule has 2 aromatic rings. The summed E-state index contributed by atoms with van der Waals surface area (Å²) in [6.45, 7) is 4.23. The fourth-order valence-electron chi connectivity index (χ4n) is 2.56. The molecule has 3 rings (SSSR count). The number of nitrogens with zero attached hydrogens (tertiary/aromatic N) is 2. The van der Waals surface area contributed by atoms with Gasteiger partial charge in [0.1, 0.15) is 0 Å². The summed E-state index contributed by atoms with van der Waals surface area (Å²) in [5.74, 6) is -0.0156. The van der Waals surface area contributed by atoms with Gasteiger partial charge in [0.05, 0.1) is 18.9 Å². The van der Waals surface area contributed by atoms with Crippen molar-refractivity contribution >= 4 is 38.3 Å². The van der Waals surface area contributed by atoms with Crippen molar-refractivity contribution in [2.45, 2.75) is 13.0 Å². The lowest BCUT2D eigenvalue weighted by atomic mass is 10.1. The topological polar surface area (TPSA) is 54.5 Å². The van der Waals surface area contributed by atoms with Crippen LogP contribution >= 0.6 is 27.3 Å². The first-order valence-electron chi connectivity index (χ1n) is 7.97. The minimum absolute atomic E-state index is 0.0156. The maximum absolute atomic E-state index is 11.9. The van der Waals surface area contributed by atoms with Gasteiger partial charge in [-0.15, -0.1) is 0 Å². The van der Waals surface area contributed by atoms with Crippen LogP contribution in [0.25, 0.3) is 11.3 Å². The molecule has 1 aliphatic heterocycles. The Balaban J connectivity index is 1.83. The van der Waals surface area contributed by atoms with Gasteiger partial charge in [0.25, 0.3) is 0 Å². The predicted octanol–water partition coefficient (Wildman–Crippen LogP) is 3.37. The molecule has 0 saturated carbocycles. The number of nitrogens with one attached hydrogen (secondary N) is 1. The van der Waals surface area contributed by atoms with Gasteiger partial charge < -0.3 is 10.1 Å². The molecule has 0 atom stereocenters. The van der Waals surface area contributed by atoms with E-state index in [0.717, 1.165) is 44.1 Å². The number of carbonyl (C=O) groups excluding carboxylic acids is 1. The molecule has 1 fully saturated rings. The summed E-state index contributed by atoms with van der Waals surface area (Å²) in [5.41, 5.74) is 2.04. The standard InChI is InChI=1S/C17H20BrN3O2S/c18-7-6-15(22)19-17-20-16(13-4-2-1-3-5-13)14(24-17)12-21-8-10-23-11-9-21/h1-5H,6-12H2,(H,19,20,22). The van der Waals surface area contributed by atoms with Crippen LogP contribution in [-0.2, 0) is 16.1 Å². The Kier molecular flexibility index (Phi) is 6.37. The molecule has 0 radical (unpaired) electrons. The van der Waals surface area contributed by atoms with E-state index in [-0.39, 0.29) is 5.91 Å². The number of aromatic nitrogens is 1. The second-order valence-corrected chi connectivity index (χ2v) is 7.41.